The fraction of sp³-hybridized carbons (Fsp3) is 0. The highest BCUT2D eigenvalue weighted by atomic mass is 127. The van der Waals surface area contributed by atoms with Gasteiger partial charge in [-0.3, -0.25) is 4.79 Å². The minimum absolute atomic E-state index is 0.118. The fourth-order valence-electron chi connectivity index (χ4n) is 2.61. The molecule has 0 radical (unpaired) electrons. The largest absolute Gasteiger partial charge is 0.338 e. The maximum atomic E-state index is 12.3. The van der Waals surface area contributed by atoms with Crippen molar-refractivity contribution >= 4 is 45.2 Å². The summed E-state index contributed by atoms with van der Waals surface area (Å²) in [5.41, 5.74) is 4.32. The second-order valence-corrected chi connectivity index (χ2v) is 6.89. The predicted molar refractivity (Wildman–Crippen MR) is 109 cm³/mol. The Morgan fingerprint density at radius 2 is 1.64 bits per heavy atom. The van der Waals surface area contributed by atoms with Crippen molar-refractivity contribution in [3.63, 3.8) is 0 Å². The Balaban J connectivity index is 1.53. The predicted octanol–water partition coefficient (Wildman–Crippen LogP) is 5.09. The number of aromatic nitrogens is 2. The topological polar surface area (TPSA) is 57.8 Å². The number of carbonyl (C=O) groups excluding carboxylic acids is 1. The number of nitrogens with zero attached hydrogens (tertiary/aromatic N) is 1. The average molecular weight is 439 g/mol. The van der Waals surface area contributed by atoms with E-state index in [4.69, 9.17) is 0 Å². The van der Waals surface area contributed by atoms with Crippen LogP contribution in [-0.2, 0) is 0 Å². The van der Waals surface area contributed by atoms with E-state index in [0.717, 1.165) is 31.7 Å². The van der Waals surface area contributed by atoms with Crippen LogP contribution >= 0.6 is 22.6 Å². The smallest absolute Gasteiger partial charge is 0.255 e. The molecule has 0 unspecified atom stereocenters. The standard InChI is InChI=1S/C20H14IN3O/c21-15-9-5-14(6-10-15)20(25)22-16-11-7-13(8-12-16)19-23-17-3-1-2-4-18(17)24-19/h1-12H,(H,22,25)(H,23,24). The summed E-state index contributed by atoms with van der Waals surface area (Å²) >= 11 is 2.22. The lowest BCUT2D eigenvalue weighted by Gasteiger charge is -2.06. The second-order valence-electron chi connectivity index (χ2n) is 5.64. The Morgan fingerprint density at radius 1 is 0.920 bits per heavy atom. The Kier molecular flexibility index (Phi) is 4.23. The summed E-state index contributed by atoms with van der Waals surface area (Å²) in [5.74, 6) is 0.699. The molecule has 0 saturated carbocycles. The molecule has 4 nitrogen and oxygen atoms in total. The third-order valence-corrected chi connectivity index (χ3v) is 4.63. The monoisotopic (exact) mass is 439 g/mol. The van der Waals surface area contributed by atoms with Crippen molar-refractivity contribution in [3.05, 3.63) is 81.9 Å². The van der Waals surface area contributed by atoms with Gasteiger partial charge in [0, 0.05) is 20.4 Å². The van der Waals surface area contributed by atoms with Gasteiger partial charge in [-0.15, -0.1) is 0 Å². The van der Waals surface area contributed by atoms with Gasteiger partial charge in [-0.05, 0) is 83.3 Å². The number of benzene rings is 3. The van der Waals surface area contributed by atoms with Crippen molar-refractivity contribution in [2.24, 2.45) is 0 Å². The number of para-hydroxylation sites is 2. The number of H-pyrrole nitrogens is 1. The molecule has 5 heteroatoms. The first-order valence-electron chi connectivity index (χ1n) is 7.81. The van der Waals surface area contributed by atoms with Crippen LogP contribution in [0.5, 0.6) is 0 Å². The van der Waals surface area contributed by atoms with Gasteiger partial charge >= 0.3 is 0 Å². The third kappa shape index (κ3) is 3.41. The van der Waals surface area contributed by atoms with Gasteiger partial charge in [0.15, 0.2) is 0 Å². The molecule has 1 heterocycles. The van der Waals surface area contributed by atoms with E-state index in [1.807, 2.05) is 72.8 Å². The summed E-state index contributed by atoms with van der Waals surface area (Å²) in [6, 6.07) is 23.1. The van der Waals surface area contributed by atoms with Crippen LogP contribution in [-0.4, -0.2) is 15.9 Å². The Hall–Kier alpha value is -2.67. The summed E-state index contributed by atoms with van der Waals surface area (Å²) in [4.78, 5) is 20.2. The minimum atomic E-state index is -0.118. The third-order valence-electron chi connectivity index (χ3n) is 3.91. The van der Waals surface area contributed by atoms with Gasteiger partial charge in [0.05, 0.1) is 11.0 Å². The molecule has 0 bridgehead atoms. The molecule has 0 saturated heterocycles. The molecule has 1 aromatic heterocycles. The zero-order chi connectivity index (χ0) is 17.2. The SMILES string of the molecule is O=C(Nc1ccc(-c2nc3ccccc3[nH]2)cc1)c1ccc(I)cc1. The number of hydrogen-bond donors (Lipinski definition) is 2. The van der Waals surface area contributed by atoms with E-state index in [2.05, 4.69) is 37.9 Å². The van der Waals surface area contributed by atoms with Crippen LogP contribution in [0, 0.1) is 3.57 Å². The van der Waals surface area contributed by atoms with Crippen LogP contribution < -0.4 is 5.32 Å². The van der Waals surface area contributed by atoms with Gasteiger partial charge in [-0.2, -0.15) is 0 Å². The molecule has 0 atom stereocenters. The Morgan fingerprint density at radius 3 is 2.36 bits per heavy atom. The average Bonchev–Trinajstić information content (AvgIpc) is 3.07. The summed E-state index contributed by atoms with van der Waals surface area (Å²) in [7, 11) is 0. The maximum Gasteiger partial charge on any atom is 0.255 e. The highest BCUT2D eigenvalue weighted by molar-refractivity contribution is 14.1. The lowest BCUT2D eigenvalue weighted by atomic mass is 10.1. The number of imidazole rings is 1. The lowest BCUT2D eigenvalue weighted by Crippen LogP contribution is -2.11. The molecular formula is C20H14IN3O. The van der Waals surface area contributed by atoms with Crippen LogP contribution in [0.4, 0.5) is 5.69 Å². The molecule has 0 spiro atoms. The minimum Gasteiger partial charge on any atom is -0.338 e. The number of rotatable bonds is 3. The van der Waals surface area contributed by atoms with Gasteiger partial charge in [-0.1, -0.05) is 12.1 Å². The van der Waals surface area contributed by atoms with Crippen LogP contribution in [0.15, 0.2) is 72.8 Å². The quantitative estimate of drug-likeness (QED) is 0.437. The van der Waals surface area contributed by atoms with Gasteiger partial charge in [-0.25, -0.2) is 4.98 Å². The molecule has 0 fully saturated rings. The molecule has 4 aromatic rings. The first-order valence-corrected chi connectivity index (χ1v) is 8.89. The van der Waals surface area contributed by atoms with Crippen LogP contribution in [0.2, 0.25) is 0 Å². The van der Waals surface area contributed by atoms with Gasteiger partial charge in [0.25, 0.3) is 5.91 Å². The van der Waals surface area contributed by atoms with Crippen molar-refractivity contribution in [3.8, 4) is 11.4 Å². The van der Waals surface area contributed by atoms with E-state index in [0.29, 0.717) is 5.56 Å². The molecule has 1 amide bonds. The Labute approximate surface area is 158 Å². The van der Waals surface area contributed by atoms with E-state index in [-0.39, 0.29) is 5.91 Å². The number of halogens is 1. The first-order chi connectivity index (χ1) is 12.2. The van der Waals surface area contributed by atoms with Gasteiger partial charge < -0.3 is 10.3 Å². The lowest BCUT2D eigenvalue weighted by molar-refractivity contribution is 0.102. The van der Waals surface area contributed by atoms with E-state index < -0.39 is 0 Å². The number of fused-ring (bicyclic) bond motifs is 1. The van der Waals surface area contributed by atoms with Crippen LogP contribution in [0.25, 0.3) is 22.4 Å². The van der Waals surface area contributed by atoms with Gasteiger partial charge in [0.2, 0.25) is 0 Å². The van der Waals surface area contributed by atoms with Crippen LogP contribution in [0.3, 0.4) is 0 Å². The zero-order valence-electron chi connectivity index (χ0n) is 13.2. The van der Waals surface area contributed by atoms with Crippen molar-refractivity contribution < 1.29 is 4.79 Å². The van der Waals surface area contributed by atoms with Crippen molar-refractivity contribution in [2.75, 3.05) is 5.32 Å². The van der Waals surface area contributed by atoms with Gasteiger partial charge in [0.1, 0.15) is 5.82 Å². The highest BCUT2D eigenvalue weighted by Crippen LogP contribution is 2.22. The number of carbonyl (C=O) groups is 1. The van der Waals surface area contributed by atoms with E-state index in [9.17, 15) is 4.79 Å². The molecule has 25 heavy (non-hydrogen) atoms. The Bertz CT molecular complexity index is 1000. The number of amides is 1. The maximum absolute atomic E-state index is 12.3. The number of hydrogen-bond acceptors (Lipinski definition) is 2. The van der Waals surface area contributed by atoms with E-state index in [1.54, 1.807) is 0 Å². The molecule has 0 aliphatic rings. The molecule has 2 N–H and O–H groups in total. The molecule has 0 aliphatic heterocycles. The highest BCUT2D eigenvalue weighted by Gasteiger charge is 2.08. The fourth-order valence-corrected chi connectivity index (χ4v) is 2.97. The molecule has 4 rings (SSSR count). The molecule has 0 aliphatic carbocycles. The number of aromatic amines is 1. The first kappa shape index (κ1) is 15.8. The number of nitrogens with one attached hydrogen (secondary N) is 2. The summed E-state index contributed by atoms with van der Waals surface area (Å²) in [6.45, 7) is 0. The molecule has 122 valence electrons. The van der Waals surface area contributed by atoms with Crippen LogP contribution in [0.1, 0.15) is 10.4 Å². The van der Waals surface area contributed by atoms with Crippen molar-refractivity contribution in [2.45, 2.75) is 0 Å². The summed E-state index contributed by atoms with van der Waals surface area (Å²) in [6.07, 6.45) is 0. The summed E-state index contributed by atoms with van der Waals surface area (Å²) < 4.78 is 1.10. The molecule has 3 aromatic carbocycles. The normalized spacial score (nSPS) is 10.8. The second kappa shape index (κ2) is 6.68. The van der Waals surface area contributed by atoms with Crippen molar-refractivity contribution in [1.82, 2.24) is 9.97 Å². The zero-order valence-corrected chi connectivity index (χ0v) is 15.3. The van der Waals surface area contributed by atoms with E-state index >= 15 is 0 Å². The number of anilines is 1. The summed E-state index contributed by atoms with van der Waals surface area (Å²) in [5, 5.41) is 2.91. The molecular weight excluding hydrogens is 425 g/mol. The van der Waals surface area contributed by atoms with Crippen molar-refractivity contribution in [1.29, 1.82) is 0 Å². The van der Waals surface area contributed by atoms with E-state index in [1.165, 1.54) is 0 Å².